The topological polar surface area (TPSA) is 17.1 Å². The summed E-state index contributed by atoms with van der Waals surface area (Å²) in [6.07, 6.45) is 3.54. The van der Waals surface area contributed by atoms with Crippen molar-refractivity contribution in [1.82, 2.24) is 0 Å². The fourth-order valence-electron chi connectivity index (χ4n) is 2.22. The first-order chi connectivity index (χ1) is 9.47. The van der Waals surface area contributed by atoms with Gasteiger partial charge in [-0.3, -0.25) is 4.79 Å². The van der Waals surface area contributed by atoms with Gasteiger partial charge in [0.1, 0.15) is 0 Å². The molecule has 0 bridgehead atoms. The zero-order chi connectivity index (χ0) is 14.7. The van der Waals surface area contributed by atoms with E-state index in [-0.39, 0.29) is 5.78 Å². The number of ketones is 1. The van der Waals surface area contributed by atoms with Crippen molar-refractivity contribution >= 4 is 11.9 Å². The molecule has 0 radical (unpaired) electrons. The summed E-state index contributed by atoms with van der Waals surface area (Å²) in [7, 11) is 0. The largest absolute Gasteiger partial charge is 0.289 e. The molecule has 0 aliphatic carbocycles. The lowest BCUT2D eigenvalue weighted by atomic mass is 10.0. The van der Waals surface area contributed by atoms with E-state index in [4.69, 9.17) is 0 Å². The molecule has 0 heterocycles. The number of allylic oxidation sites excluding steroid dienone is 1. The van der Waals surface area contributed by atoms with Crippen LogP contribution in [0, 0.1) is 27.7 Å². The second-order valence-electron chi connectivity index (χ2n) is 5.36. The van der Waals surface area contributed by atoms with Crippen LogP contribution in [-0.2, 0) is 0 Å². The molecule has 2 aromatic carbocycles. The molecule has 1 nitrogen and oxygen atoms in total. The number of aryl methyl sites for hydroxylation is 4. The summed E-state index contributed by atoms with van der Waals surface area (Å²) < 4.78 is 0. The predicted molar refractivity (Wildman–Crippen MR) is 85.2 cm³/mol. The third-order valence-corrected chi connectivity index (χ3v) is 3.61. The van der Waals surface area contributed by atoms with Crippen molar-refractivity contribution in [2.24, 2.45) is 0 Å². The molecule has 1 heteroatoms. The average molecular weight is 264 g/mol. The van der Waals surface area contributed by atoms with Crippen LogP contribution in [0.15, 0.2) is 42.5 Å². The summed E-state index contributed by atoms with van der Waals surface area (Å²) in [5.41, 5.74) is 6.55. The van der Waals surface area contributed by atoms with Crippen molar-refractivity contribution in [3.63, 3.8) is 0 Å². The lowest BCUT2D eigenvalue weighted by Crippen LogP contribution is -1.98. The fraction of sp³-hybridized carbons (Fsp3) is 0.211. The van der Waals surface area contributed by atoms with Gasteiger partial charge in [0.2, 0.25) is 0 Å². The van der Waals surface area contributed by atoms with Crippen molar-refractivity contribution < 1.29 is 4.79 Å². The molecule has 0 aliphatic heterocycles. The van der Waals surface area contributed by atoms with Gasteiger partial charge in [0.05, 0.1) is 0 Å². The van der Waals surface area contributed by atoms with Gasteiger partial charge in [-0.05, 0) is 56.0 Å². The lowest BCUT2D eigenvalue weighted by Gasteiger charge is -2.03. The molecule has 0 unspecified atom stereocenters. The Bertz CT molecular complexity index is 678. The predicted octanol–water partition coefficient (Wildman–Crippen LogP) is 4.82. The highest BCUT2D eigenvalue weighted by atomic mass is 16.1. The van der Waals surface area contributed by atoms with Crippen LogP contribution in [0.25, 0.3) is 6.08 Å². The van der Waals surface area contributed by atoms with Crippen LogP contribution in [0.5, 0.6) is 0 Å². The van der Waals surface area contributed by atoms with Gasteiger partial charge in [-0.25, -0.2) is 0 Å². The Morgan fingerprint density at radius 1 is 0.850 bits per heavy atom. The Morgan fingerprint density at radius 2 is 1.60 bits per heavy atom. The molecule has 0 fully saturated rings. The summed E-state index contributed by atoms with van der Waals surface area (Å²) in [5, 5.41) is 0. The molecule has 0 atom stereocenters. The molecule has 20 heavy (non-hydrogen) atoms. The molecular weight excluding hydrogens is 244 g/mol. The maximum Gasteiger partial charge on any atom is 0.186 e. The molecule has 2 rings (SSSR count). The molecule has 0 aliphatic rings. The smallest absolute Gasteiger partial charge is 0.186 e. The van der Waals surface area contributed by atoms with E-state index < -0.39 is 0 Å². The third-order valence-electron chi connectivity index (χ3n) is 3.61. The van der Waals surface area contributed by atoms with Crippen LogP contribution in [0.4, 0.5) is 0 Å². The van der Waals surface area contributed by atoms with Crippen molar-refractivity contribution in [3.05, 3.63) is 75.9 Å². The van der Waals surface area contributed by atoms with Crippen molar-refractivity contribution in [1.29, 1.82) is 0 Å². The first kappa shape index (κ1) is 14.3. The van der Waals surface area contributed by atoms with Gasteiger partial charge in [0.15, 0.2) is 5.78 Å². The van der Waals surface area contributed by atoms with Gasteiger partial charge in [0, 0.05) is 5.56 Å². The number of carbonyl (C=O) groups excluding carboxylic acids is 1. The van der Waals surface area contributed by atoms with Gasteiger partial charge in [-0.2, -0.15) is 0 Å². The van der Waals surface area contributed by atoms with E-state index in [2.05, 4.69) is 26.0 Å². The molecule has 0 N–H and O–H groups in total. The lowest BCUT2D eigenvalue weighted by molar-refractivity contribution is 0.104. The van der Waals surface area contributed by atoms with E-state index in [1.165, 1.54) is 16.7 Å². The second-order valence-corrected chi connectivity index (χ2v) is 5.36. The monoisotopic (exact) mass is 264 g/mol. The SMILES string of the molecule is Cc1ccc(C(=O)/C=C/c2ccc(C)c(C)c2)c(C)c1. The molecule has 0 saturated heterocycles. The Labute approximate surface area is 121 Å². The van der Waals surface area contributed by atoms with E-state index in [0.29, 0.717) is 0 Å². The van der Waals surface area contributed by atoms with Gasteiger partial charge in [-0.15, -0.1) is 0 Å². The van der Waals surface area contributed by atoms with Gasteiger partial charge in [-0.1, -0.05) is 48.0 Å². The number of hydrogen-bond donors (Lipinski definition) is 0. The Balaban J connectivity index is 2.22. The first-order valence-corrected chi connectivity index (χ1v) is 6.84. The number of benzene rings is 2. The van der Waals surface area contributed by atoms with E-state index >= 15 is 0 Å². The summed E-state index contributed by atoms with van der Waals surface area (Å²) in [4.78, 5) is 12.2. The highest BCUT2D eigenvalue weighted by molar-refractivity contribution is 6.07. The zero-order valence-electron chi connectivity index (χ0n) is 12.5. The van der Waals surface area contributed by atoms with Crippen molar-refractivity contribution in [3.8, 4) is 0 Å². The Morgan fingerprint density at radius 3 is 2.25 bits per heavy atom. The van der Waals surface area contributed by atoms with Crippen molar-refractivity contribution in [2.75, 3.05) is 0 Å². The fourth-order valence-corrected chi connectivity index (χ4v) is 2.22. The second kappa shape index (κ2) is 5.87. The average Bonchev–Trinajstić information content (AvgIpc) is 2.40. The summed E-state index contributed by atoms with van der Waals surface area (Å²) >= 11 is 0. The number of carbonyl (C=O) groups is 1. The van der Waals surface area contributed by atoms with Crippen LogP contribution in [0.3, 0.4) is 0 Å². The number of rotatable bonds is 3. The Kier molecular flexibility index (Phi) is 4.19. The van der Waals surface area contributed by atoms with E-state index in [1.807, 2.05) is 44.2 Å². The maximum absolute atomic E-state index is 12.2. The first-order valence-electron chi connectivity index (χ1n) is 6.84. The van der Waals surface area contributed by atoms with Gasteiger partial charge < -0.3 is 0 Å². The normalized spacial score (nSPS) is 11.0. The molecule has 0 aromatic heterocycles. The highest BCUT2D eigenvalue weighted by Crippen LogP contribution is 2.14. The quantitative estimate of drug-likeness (QED) is 0.574. The molecule has 0 saturated carbocycles. The summed E-state index contributed by atoms with van der Waals surface area (Å²) in [6.45, 7) is 8.18. The van der Waals surface area contributed by atoms with Gasteiger partial charge in [0.25, 0.3) is 0 Å². The molecule has 2 aromatic rings. The summed E-state index contributed by atoms with van der Waals surface area (Å²) in [6, 6.07) is 12.1. The van der Waals surface area contributed by atoms with Crippen LogP contribution < -0.4 is 0 Å². The van der Waals surface area contributed by atoms with Crippen molar-refractivity contribution in [2.45, 2.75) is 27.7 Å². The maximum atomic E-state index is 12.2. The Hall–Kier alpha value is -2.15. The van der Waals surface area contributed by atoms with Crippen LogP contribution in [0.2, 0.25) is 0 Å². The van der Waals surface area contributed by atoms with Crippen LogP contribution >= 0.6 is 0 Å². The third kappa shape index (κ3) is 3.24. The minimum Gasteiger partial charge on any atom is -0.289 e. The molecular formula is C19H20O. The molecule has 0 spiro atoms. The van der Waals surface area contributed by atoms with E-state index in [1.54, 1.807) is 6.08 Å². The summed E-state index contributed by atoms with van der Waals surface area (Å²) in [5.74, 6) is 0.0562. The van der Waals surface area contributed by atoms with Crippen LogP contribution in [0.1, 0.15) is 38.2 Å². The van der Waals surface area contributed by atoms with E-state index in [0.717, 1.165) is 16.7 Å². The minimum absolute atomic E-state index is 0.0562. The standard InChI is InChI=1S/C19H20O/c1-13-5-9-18(16(4)11-13)19(20)10-8-17-7-6-14(2)15(3)12-17/h5-12H,1-4H3/b10-8+. The van der Waals surface area contributed by atoms with E-state index in [9.17, 15) is 4.79 Å². The highest BCUT2D eigenvalue weighted by Gasteiger charge is 2.05. The molecule has 0 amide bonds. The zero-order valence-corrected chi connectivity index (χ0v) is 12.5. The minimum atomic E-state index is 0.0562. The van der Waals surface area contributed by atoms with Gasteiger partial charge >= 0.3 is 0 Å². The number of hydrogen-bond acceptors (Lipinski definition) is 1. The van der Waals surface area contributed by atoms with Crippen LogP contribution in [-0.4, -0.2) is 5.78 Å². The molecule has 102 valence electrons.